The molecule has 1 N–H and O–H groups in total. The number of sulfone groups is 1. The average Bonchev–Trinajstić information content (AvgIpc) is 2.52. The number of hydrogen-bond donors (Lipinski definition) is 1. The van der Waals surface area contributed by atoms with E-state index < -0.39 is 22.1 Å². The molecule has 88 valence electrons. The summed E-state index contributed by atoms with van der Waals surface area (Å²) in [6, 6.07) is 0. The normalized spacial score (nSPS) is 38.3. The molecule has 2 rings (SSSR count). The highest BCUT2D eigenvalue weighted by atomic mass is 32.2. The zero-order valence-electron chi connectivity index (χ0n) is 8.65. The predicted octanol–water partition coefficient (Wildman–Crippen LogP) is -0.664. The van der Waals surface area contributed by atoms with Crippen LogP contribution in [0.2, 0.25) is 0 Å². The molecule has 0 aromatic heterocycles. The Hall–Kier alpha value is -0.200. The van der Waals surface area contributed by atoms with Crippen LogP contribution in [0.1, 0.15) is 6.42 Å². The van der Waals surface area contributed by atoms with Crippen LogP contribution in [-0.4, -0.2) is 68.0 Å². The maximum Gasteiger partial charge on any atom is 0.187 e. The van der Waals surface area contributed by atoms with Crippen molar-refractivity contribution in [1.82, 2.24) is 0 Å². The number of rotatable bonds is 1. The summed E-state index contributed by atoms with van der Waals surface area (Å²) >= 11 is 0. The summed E-state index contributed by atoms with van der Waals surface area (Å²) in [5.41, 5.74) is -1.49. The zero-order valence-corrected chi connectivity index (χ0v) is 9.47. The molecule has 2 heterocycles. The van der Waals surface area contributed by atoms with Crippen molar-refractivity contribution < 1.29 is 22.4 Å². The number of alkyl halides is 1. The number of halogens is 1. The van der Waals surface area contributed by atoms with E-state index in [9.17, 15) is 12.8 Å². The predicted molar refractivity (Wildman–Crippen MR) is 53.9 cm³/mol. The Balaban J connectivity index is 2.07. The first-order valence-electron chi connectivity index (χ1n) is 5.24. The van der Waals surface area contributed by atoms with Crippen molar-refractivity contribution in [3.8, 4) is 0 Å². The van der Waals surface area contributed by atoms with E-state index in [0.29, 0.717) is 30.5 Å². The minimum atomic E-state index is -2.89. The molecule has 2 aliphatic rings. The Morgan fingerprint density at radius 3 is 2.33 bits per heavy atom. The van der Waals surface area contributed by atoms with Crippen LogP contribution in [-0.2, 0) is 9.84 Å². The van der Waals surface area contributed by atoms with Crippen LogP contribution in [0.3, 0.4) is 0 Å². The van der Waals surface area contributed by atoms with Crippen LogP contribution < -0.4 is 0 Å². The summed E-state index contributed by atoms with van der Waals surface area (Å²) in [4.78, 5) is 0. The van der Waals surface area contributed by atoms with Crippen molar-refractivity contribution in [3.05, 3.63) is 0 Å². The van der Waals surface area contributed by atoms with E-state index in [-0.39, 0.29) is 18.1 Å². The second-order valence-electron chi connectivity index (χ2n) is 4.88. The number of aliphatic hydroxyl groups excluding tert-OH is 1. The lowest BCUT2D eigenvalue weighted by Crippen LogP contribution is -2.56. The van der Waals surface area contributed by atoms with E-state index in [2.05, 4.69) is 0 Å². The minimum absolute atomic E-state index is 0.161. The van der Waals surface area contributed by atoms with Crippen LogP contribution in [0.4, 0.5) is 4.39 Å². The SMILES string of the molecule is O=S1(=O)CC[N+]2(CCC(F)(CO)C2)CC1. The molecule has 4 nitrogen and oxygen atoms in total. The Bertz CT molecular complexity index is 342. The molecular formula is C9H17FNO3S+. The van der Waals surface area contributed by atoms with Crippen molar-refractivity contribution in [2.24, 2.45) is 0 Å². The highest BCUT2D eigenvalue weighted by molar-refractivity contribution is 7.91. The van der Waals surface area contributed by atoms with Gasteiger partial charge in [0, 0.05) is 6.42 Å². The first-order chi connectivity index (χ1) is 6.89. The van der Waals surface area contributed by atoms with Crippen LogP contribution >= 0.6 is 0 Å². The van der Waals surface area contributed by atoms with Crippen molar-refractivity contribution in [3.63, 3.8) is 0 Å². The summed E-state index contributed by atoms with van der Waals surface area (Å²) < 4.78 is 36.9. The standard InChI is InChI=1S/C9H17FNO3S/c10-9(8-12)1-2-11(7-9)3-5-15(13,14)6-4-11/h12H,1-8H2/q+1. The lowest BCUT2D eigenvalue weighted by atomic mass is 10.1. The molecule has 1 atom stereocenters. The molecule has 0 aliphatic carbocycles. The molecule has 2 saturated heterocycles. The molecule has 0 radical (unpaired) electrons. The fourth-order valence-electron chi connectivity index (χ4n) is 2.59. The molecule has 1 unspecified atom stereocenters. The van der Waals surface area contributed by atoms with Gasteiger partial charge in [-0.15, -0.1) is 0 Å². The van der Waals surface area contributed by atoms with E-state index in [1.165, 1.54) is 0 Å². The largest absolute Gasteiger partial charge is 0.393 e. The number of aliphatic hydroxyl groups is 1. The smallest absolute Gasteiger partial charge is 0.187 e. The lowest BCUT2D eigenvalue weighted by Gasteiger charge is -2.37. The average molecular weight is 238 g/mol. The number of quaternary nitrogens is 1. The van der Waals surface area contributed by atoms with Crippen molar-refractivity contribution in [2.45, 2.75) is 12.1 Å². The molecule has 6 heteroatoms. The lowest BCUT2D eigenvalue weighted by molar-refractivity contribution is -0.915. The summed E-state index contributed by atoms with van der Waals surface area (Å²) in [5, 5.41) is 8.94. The third-order valence-electron chi connectivity index (χ3n) is 3.69. The van der Waals surface area contributed by atoms with Gasteiger partial charge in [0.1, 0.15) is 6.54 Å². The fourth-order valence-corrected chi connectivity index (χ4v) is 4.12. The Morgan fingerprint density at radius 1 is 1.27 bits per heavy atom. The summed E-state index contributed by atoms with van der Waals surface area (Å²) in [6.45, 7) is 1.51. The molecule has 1 spiro atoms. The molecule has 0 aromatic rings. The van der Waals surface area contributed by atoms with Crippen molar-refractivity contribution in [1.29, 1.82) is 0 Å². The van der Waals surface area contributed by atoms with Crippen molar-refractivity contribution >= 4 is 9.84 Å². The maximum atomic E-state index is 13.8. The maximum absolute atomic E-state index is 13.8. The first-order valence-corrected chi connectivity index (χ1v) is 7.06. The van der Waals surface area contributed by atoms with Gasteiger partial charge >= 0.3 is 0 Å². The summed E-state index contributed by atoms with van der Waals surface area (Å²) in [5.74, 6) is 0.322. The second kappa shape index (κ2) is 3.40. The molecule has 0 amide bonds. The first kappa shape index (κ1) is 11.3. The number of nitrogens with zero attached hydrogens (tertiary/aromatic N) is 1. The molecule has 2 fully saturated rings. The summed E-state index contributed by atoms with van der Waals surface area (Å²) in [6.07, 6.45) is 0.351. The van der Waals surface area contributed by atoms with Gasteiger partial charge in [-0.3, -0.25) is 0 Å². The van der Waals surface area contributed by atoms with Crippen LogP contribution in [0.25, 0.3) is 0 Å². The van der Waals surface area contributed by atoms with Crippen LogP contribution in [0, 0.1) is 0 Å². The Kier molecular flexibility index (Phi) is 2.56. The van der Waals surface area contributed by atoms with E-state index in [1.54, 1.807) is 0 Å². The molecule has 0 bridgehead atoms. The molecule has 15 heavy (non-hydrogen) atoms. The molecule has 0 saturated carbocycles. The van der Waals surface area contributed by atoms with Gasteiger partial charge in [0.15, 0.2) is 15.5 Å². The monoisotopic (exact) mass is 238 g/mol. The zero-order chi connectivity index (χ0) is 11.2. The van der Waals surface area contributed by atoms with Crippen LogP contribution in [0.5, 0.6) is 0 Å². The molecule has 0 aromatic carbocycles. The second-order valence-corrected chi connectivity index (χ2v) is 7.19. The van der Waals surface area contributed by atoms with E-state index in [1.807, 2.05) is 0 Å². The van der Waals surface area contributed by atoms with Gasteiger partial charge in [0.2, 0.25) is 0 Å². The summed E-state index contributed by atoms with van der Waals surface area (Å²) in [7, 11) is -2.89. The fraction of sp³-hybridized carbons (Fsp3) is 1.00. The van der Waals surface area contributed by atoms with Gasteiger partial charge in [0.25, 0.3) is 0 Å². The van der Waals surface area contributed by atoms with Gasteiger partial charge in [-0.2, -0.15) is 0 Å². The highest BCUT2D eigenvalue weighted by Crippen LogP contribution is 2.32. The Labute approximate surface area is 89.2 Å². The highest BCUT2D eigenvalue weighted by Gasteiger charge is 2.50. The molecule has 2 aliphatic heterocycles. The van der Waals surface area contributed by atoms with Gasteiger partial charge in [-0.1, -0.05) is 0 Å². The van der Waals surface area contributed by atoms with E-state index in [4.69, 9.17) is 5.11 Å². The third-order valence-corrected chi connectivity index (χ3v) is 5.30. The van der Waals surface area contributed by atoms with Gasteiger partial charge < -0.3 is 9.59 Å². The number of hydrogen-bond acceptors (Lipinski definition) is 3. The van der Waals surface area contributed by atoms with Crippen LogP contribution in [0.15, 0.2) is 0 Å². The quantitative estimate of drug-likeness (QED) is 0.617. The van der Waals surface area contributed by atoms with Gasteiger partial charge in [-0.05, 0) is 0 Å². The van der Waals surface area contributed by atoms with E-state index in [0.717, 1.165) is 0 Å². The third kappa shape index (κ3) is 2.16. The van der Waals surface area contributed by atoms with Gasteiger partial charge in [-0.25, -0.2) is 12.8 Å². The minimum Gasteiger partial charge on any atom is -0.393 e. The van der Waals surface area contributed by atoms with Crippen molar-refractivity contribution in [2.75, 3.05) is 44.3 Å². The Morgan fingerprint density at radius 2 is 1.87 bits per heavy atom. The molecular weight excluding hydrogens is 221 g/mol. The topological polar surface area (TPSA) is 54.4 Å². The van der Waals surface area contributed by atoms with Gasteiger partial charge in [0.05, 0.1) is 37.7 Å². The van der Waals surface area contributed by atoms with E-state index >= 15 is 0 Å².